The van der Waals surface area contributed by atoms with E-state index in [2.05, 4.69) is 19.1 Å². The minimum absolute atomic E-state index is 0.112. The van der Waals surface area contributed by atoms with Gasteiger partial charge in [-0.15, -0.1) is 0 Å². The van der Waals surface area contributed by atoms with Crippen molar-refractivity contribution in [1.82, 2.24) is 0 Å². The Morgan fingerprint density at radius 2 is 1.53 bits per heavy atom. The highest BCUT2D eigenvalue weighted by Gasteiger charge is 1.94. The lowest BCUT2D eigenvalue weighted by molar-refractivity contribution is 0.180. The maximum Gasteiger partial charge on any atom is 0.0512 e. The maximum atomic E-state index is 9.06. The third kappa shape index (κ3) is 13.7. The summed E-state index contributed by atoms with van der Waals surface area (Å²) in [5.41, 5.74) is 0. The first-order valence-corrected chi connectivity index (χ1v) is 6.60. The Morgan fingerprint density at radius 1 is 0.933 bits per heavy atom. The molecule has 0 aromatic rings. The molecule has 0 heterocycles. The van der Waals surface area contributed by atoms with Gasteiger partial charge in [-0.3, -0.25) is 0 Å². The minimum atomic E-state index is -0.112. The quantitative estimate of drug-likeness (QED) is 0.419. The Kier molecular flexibility index (Phi) is 11.5. The zero-order valence-corrected chi connectivity index (χ0v) is 10.5. The summed E-state index contributed by atoms with van der Waals surface area (Å²) < 4.78 is 0. The minimum Gasteiger partial charge on any atom is -0.393 e. The third-order valence-electron chi connectivity index (χ3n) is 2.63. The molecule has 0 aromatic carbocycles. The Morgan fingerprint density at radius 3 is 2.13 bits per heavy atom. The first kappa shape index (κ1) is 14.7. The van der Waals surface area contributed by atoms with Gasteiger partial charge in [0.1, 0.15) is 0 Å². The van der Waals surface area contributed by atoms with Crippen molar-refractivity contribution in [2.45, 2.75) is 77.7 Å². The zero-order chi connectivity index (χ0) is 11.4. The van der Waals surface area contributed by atoms with E-state index >= 15 is 0 Å². The van der Waals surface area contributed by atoms with Crippen LogP contribution in [0, 0.1) is 0 Å². The van der Waals surface area contributed by atoms with Gasteiger partial charge in [-0.25, -0.2) is 0 Å². The Balaban J connectivity index is 3.01. The molecule has 0 aromatic heterocycles. The number of allylic oxidation sites excluding steroid dienone is 2. The van der Waals surface area contributed by atoms with Crippen molar-refractivity contribution in [2.75, 3.05) is 0 Å². The van der Waals surface area contributed by atoms with Gasteiger partial charge in [-0.05, 0) is 32.6 Å². The van der Waals surface area contributed by atoms with Crippen LogP contribution < -0.4 is 0 Å². The molecule has 0 aliphatic heterocycles. The lowest BCUT2D eigenvalue weighted by Gasteiger charge is -2.02. The molecular weight excluding hydrogens is 184 g/mol. The topological polar surface area (TPSA) is 20.2 Å². The van der Waals surface area contributed by atoms with Crippen LogP contribution >= 0.6 is 0 Å². The van der Waals surface area contributed by atoms with E-state index in [1.807, 2.05) is 6.92 Å². The van der Waals surface area contributed by atoms with Gasteiger partial charge < -0.3 is 5.11 Å². The van der Waals surface area contributed by atoms with Crippen LogP contribution in [0.5, 0.6) is 0 Å². The van der Waals surface area contributed by atoms with Gasteiger partial charge in [-0.1, -0.05) is 51.2 Å². The molecule has 0 spiro atoms. The van der Waals surface area contributed by atoms with E-state index in [0.717, 1.165) is 6.42 Å². The van der Waals surface area contributed by atoms with E-state index < -0.39 is 0 Å². The largest absolute Gasteiger partial charge is 0.393 e. The first-order valence-electron chi connectivity index (χ1n) is 6.60. The maximum absolute atomic E-state index is 9.06. The average Bonchev–Trinajstić information content (AvgIpc) is 2.20. The van der Waals surface area contributed by atoms with Gasteiger partial charge >= 0.3 is 0 Å². The number of aliphatic hydroxyl groups excluding tert-OH is 1. The molecule has 1 unspecified atom stereocenters. The van der Waals surface area contributed by atoms with E-state index in [1.165, 1.54) is 51.4 Å². The fourth-order valence-electron chi connectivity index (χ4n) is 1.61. The summed E-state index contributed by atoms with van der Waals surface area (Å²) in [4.78, 5) is 0. The van der Waals surface area contributed by atoms with Crippen molar-refractivity contribution in [2.24, 2.45) is 0 Å². The Bertz CT molecular complexity index is 138. The summed E-state index contributed by atoms with van der Waals surface area (Å²) >= 11 is 0. The number of rotatable bonds is 10. The van der Waals surface area contributed by atoms with Crippen LogP contribution in [0.15, 0.2) is 12.2 Å². The smallest absolute Gasteiger partial charge is 0.0512 e. The summed E-state index contributed by atoms with van der Waals surface area (Å²) in [5.74, 6) is 0. The third-order valence-corrected chi connectivity index (χ3v) is 2.63. The van der Waals surface area contributed by atoms with Crippen LogP contribution in [0.4, 0.5) is 0 Å². The van der Waals surface area contributed by atoms with E-state index in [4.69, 9.17) is 5.11 Å². The van der Waals surface area contributed by atoms with Crippen LogP contribution in [0.25, 0.3) is 0 Å². The number of aliphatic hydroxyl groups is 1. The summed E-state index contributed by atoms with van der Waals surface area (Å²) in [6, 6.07) is 0. The van der Waals surface area contributed by atoms with Crippen molar-refractivity contribution in [3.8, 4) is 0 Å². The molecule has 0 rings (SSSR count). The van der Waals surface area contributed by atoms with Crippen LogP contribution in [0.3, 0.4) is 0 Å². The molecule has 90 valence electrons. The van der Waals surface area contributed by atoms with Crippen LogP contribution in [0.2, 0.25) is 0 Å². The predicted octanol–water partition coefficient (Wildman–Crippen LogP) is 4.45. The van der Waals surface area contributed by atoms with Crippen molar-refractivity contribution < 1.29 is 5.11 Å². The molecule has 0 radical (unpaired) electrons. The van der Waals surface area contributed by atoms with Crippen molar-refractivity contribution in [1.29, 1.82) is 0 Å². The molecule has 1 atom stereocenters. The summed E-state index contributed by atoms with van der Waals surface area (Å²) in [6.07, 6.45) is 15.7. The van der Waals surface area contributed by atoms with Crippen LogP contribution in [0.1, 0.15) is 71.6 Å². The van der Waals surface area contributed by atoms with E-state index in [9.17, 15) is 0 Å². The van der Waals surface area contributed by atoms with Crippen molar-refractivity contribution in [3.05, 3.63) is 12.2 Å². The van der Waals surface area contributed by atoms with E-state index in [-0.39, 0.29) is 6.10 Å². The zero-order valence-electron chi connectivity index (χ0n) is 10.5. The highest BCUT2D eigenvalue weighted by atomic mass is 16.3. The van der Waals surface area contributed by atoms with Crippen molar-refractivity contribution >= 4 is 0 Å². The lowest BCUT2D eigenvalue weighted by atomic mass is 10.1. The van der Waals surface area contributed by atoms with Gasteiger partial charge in [0.25, 0.3) is 0 Å². The normalized spacial score (nSPS) is 13.5. The molecule has 15 heavy (non-hydrogen) atoms. The molecular formula is C14H28O. The number of unbranched alkanes of at least 4 members (excludes halogenated alkanes) is 6. The number of hydrogen-bond donors (Lipinski definition) is 1. The van der Waals surface area contributed by atoms with Crippen LogP contribution in [-0.2, 0) is 0 Å². The van der Waals surface area contributed by atoms with Crippen LogP contribution in [-0.4, -0.2) is 11.2 Å². The van der Waals surface area contributed by atoms with Gasteiger partial charge in [0.2, 0.25) is 0 Å². The molecule has 1 N–H and O–H groups in total. The fourth-order valence-corrected chi connectivity index (χ4v) is 1.61. The highest BCUT2D eigenvalue weighted by Crippen LogP contribution is 2.08. The predicted molar refractivity (Wildman–Crippen MR) is 68.0 cm³/mol. The Labute approximate surface area is 95.6 Å². The second kappa shape index (κ2) is 11.8. The molecule has 0 saturated carbocycles. The second-order valence-corrected chi connectivity index (χ2v) is 4.45. The molecule has 0 amide bonds. The van der Waals surface area contributed by atoms with Gasteiger partial charge in [0, 0.05) is 0 Å². The SMILES string of the molecule is CCCCC=CCCCCCCC(C)O. The molecule has 1 heteroatoms. The fraction of sp³-hybridized carbons (Fsp3) is 0.857. The molecule has 0 aliphatic rings. The second-order valence-electron chi connectivity index (χ2n) is 4.45. The molecule has 0 fully saturated rings. The first-order chi connectivity index (χ1) is 7.27. The van der Waals surface area contributed by atoms with Gasteiger partial charge in [0.15, 0.2) is 0 Å². The molecule has 0 aliphatic carbocycles. The summed E-state index contributed by atoms with van der Waals surface area (Å²) in [5, 5.41) is 9.06. The Hall–Kier alpha value is -0.300. The molecule has 1 nitrogen and oxygen atoms in total. The van der Waals surface area contributed by atoms with E-state index in [0.29, 0.717) is 0 Å². The lowest BCUT2D eigenvalue weighted by Crippen LogP contribution is -1.97. The monoisotopic (exact) mass is 212 g/mol. The highest BCUT2D eigenvalue weighted by molar-refractivity contribution is 4.81. The van der Waals surface area contributed by atoms with Crippen molar-refractivity contribution in [3.63, 3.8) is 0 Å². The summed E-state index contributed by atoms with van der Waals surface area (Å²) in [6.45, 7) is 4.10. The average molecular weight is 212 g/mol. The van der Waals surface area contributed by atoms with E-state index in [1.54, 1.807) is 0 Å². The van der Waals surface area contributed by atoms with Gasteiger partial charge in [-0.2, -0.15) is 0 Å². The number of hydrogen-bond acceptors (Lipinski definition) is 1. The van der Waals surface area contributed by atoms with Gasteiger partial charge in [0.05, 0.1) is 6.10 Å². The molecule has 0 saturated heterocycles. The summed E-state index contributed by atoms with van der Waals surface area (Å²) in [7, 11) is 0. The molecule has 0 bridgehead atoms. The standard InChI is InChI=1S/C14H28O/c1-3-4-5-6-7-8-9-10-11-12-13-14(2)15/h6-7,14-15H,3-5,8-13H2,1-2H3.